The van der Waals surface area contributed by atoms with E-state index in [0.29, 0.717) is 19.3 Å². The first-order valence-electron chi connectivity index (χ1n) is 30.2. The van der Waals surface area contributed by atoms with Crippen LogP contribution in [0.5, 0.6) is 0 Å². The molecule has 398 valence electrons. The van der Waals surface area contributed by atoms with Crippen molar-refractivity contribution in [1.82, 2.24) is 0 Å². The van der Waals surface area contributed by atoms with E-state index in [9.17, 15) is 14.4 Å². The zero-order valence-corrected chi connectivity index (χ0v) is 46.0. The van der Waals surface area contributed by atoms with E-state index >= 15 is 0 Å². The smallest absolute Gasteiger partial charge is 0.306 e. The molecule has 6 nitrogen and oxygen atoms in total. The van der Waals surface area contributed by atoms with Gasteiger partial charge in [0.05, 0.1) is 0 Å². The molecule has 6 heteroatoms. The molecular formula is C61H118O6. The lowest BCUT2D eigenvalue weighted by atomic mass is 10.0. The Hall–Kier alpha value is -1.59. The molecule has 0 unspecified atom stereocenters. The fourth-order valence-electron chi connectivity index (χ4n) is 9.40. The third kappa shape index (κ3) is 55.2. The van der Waals surface area contributed by atoms with Gasteiger partial charge in [0.2, 0.25) is 0 Å². The third-order valence-corrected chi connectivity index (χ3v) is 14.0. The molecule has 0 heterocycles. The fraction of sp³-hybridized carbons (Fsp3) is 0.951. The highest BCUT2D eigenvalue weighted by molar-refractivity contribution is 5.71. The largest absolute Gasteiger partial charge is 0.462 e. The first kappa shape index (κ1) is 65.4. The minimum Gasteiger partial charge on any atom is -0.462 e. The van der Waals surface area contributed by atoms with Crippen LogP contribution in [0.25, 0.3) is 0 Å². The van der Waals surface area contributed by atoms with Crippen LogP contribution in [0, 0.1) is 11.8 Å². The summed E-state index contributed by atoms with van der Waals surface area (Å²) in [6.07, 6.45) is 58.1. The second-order valence-electron chi connectivity index (χ2n) is 21.9. The van der Waals surface area contributed by atoms with Crippen molar-refractivity contribution in [3.63, 3.8) is 0 Å². The number of carbonyl (C=O) groups excluding carboxylic acids is 3. The summed E-state index contributed by atoms with van der Waals surface area (Å²) in [5, 5.41) is 0. The van der Waals surface area contributed by atoms with E-state index in [1.165, 1.54) is 231 Å². The Morgan fingerprint density at radius 3 is 0.731 bits per heavy atom. The van der Waals surface area contributed by atoms with Gasteiger partial charge in [-0.25, -0.2) is 0 Å². The molecule has 0 aromatic rings. The minimum absolute atomic E-state index is 0.0622. The van der Waals surface area contributed by atoms with E-state index in [0.717, 1.165) is 69.6 Å². The zero-order chi connectivity index (χ0) is 48.9. The van der Waals surface area contributed by atoms with Crippen LogP contribution in [-0.2, 0) is 28.6 Å². The Morgan fingerprint density at radius 1 is 0.284 bits per heavy atom. The molecule has 0 radical (unpaired) electrons. The average molecular weight is 948 g/mol. The molecule has 0 aliphatic heterocycles. The Labute approximate surface area is 418 Å². The van der Waals surface area contributed by atoms with E-state index in [2.05, 4.69) is 34.6 Å². The second-order valence-corrected chi connectivity index (χ2v) is 21.9. The number of hydrogen-bond donors (Lipinski definition) is 0. The Kier molecular flexibility index (Phi) is 52.5. The summed E-state index contributed by atoms with van der Waals surface area (Å²) < 4.78 is 16.9. The number of hydrogen-bond acceptors (Lipinski definition) is 6. The van der Waals surface area contributed by atoms with Gasteiger partial charge >= 0.3 is 17.9 Å². The lowest BCUT2D eigenvalue weighted by Gasteiger charge is -2.18. The van der Waals surface area contributed by atoms with Crippen molar-refractivity contribution in [2.24, 2.45) is 11.8 Å². The molecule has 67 heavy (non-hydrogen) atoms. The molecule has 0 aliphatic carbocycles. The van der Waals surface area contributed by atoms with E-state index in [4.69, 9.17) is 14.2 Å². The standard InChI is InChI=1S/C61H118O6/c1-6-7-8-9-10-11-12-13-21-28-33-38-43-48-53-61(64)67-58(55-66-60(63)52-47-42-37-32-27-23-18-17-20-25-30-35-40-45-50-57(4)5)54-65-59(62)51-46-41-36-31-26-22-16-14-15-19-24-29-34-39-44-49-56(2)3/h56-58H,6-55H2,1-5H3/t58-/m1/s1. The molecule has 0 aromatic carbocycles. The predicted molar refractivity (Wildman–Crippen MR) is 289 cm³/mol. The summed E-state index contributed by atoms with van der Waals surface area (Å²) in [5.74, 6) is 0.859. The molecule has 0 saturated heterocycles. The summed E-state index contributed by atoms with van der Waals surface area (Å²) >= 11 is 0. The number of unbranched alkanes of at least 4 members (excludes halogenated alkanes) is 40. The topological polar surface area (TPSA) is 78.9 Å². The van der Waals surface area contributed by atoms with Gasteiger partial charge in [0.1, 0.15) is 13.2 Å². The normalized spacial score (nSPS) is 12.0. The molecule has 0 bridgehead atoms. The van der Waals surface area contributed by atoms with Crippen LogP contribution in [0.3, 0.4) is 0 Å². The highest BCUT2D eigenvalue weighted by Crippen LogP contribution is 2.18. The summed E-state index contributed by atoms with van der Waals surface area (Å²) in [6, 6.07) is 0. The highest BCUT2D eigenvalue weighted by Gasteiger charge is 2.19. The highest BCUT2D eigenvalue weighted by atomic mass is 16.6. The SMILES string of the molecule is CCCCCCCCCCCCCCCCC(=O)O[C@H](COC(=O)CCCCCCCCCCCCCCCCCC(C)C)COC(=O)CCCCCCCCCCCCCCCCC(C)C. The first-order chi connectivity index (χ1) is 32.7. The van der Waals surface area contributed by atoms with Crippen molar-refractivity contribution in [2.75, 3.05) is 13.2 Å². The van der Waals surface area contributed by atoms with Gasteiger partial charge in [0, 0.05) is 19.3 Å². The van der Waals surface area contributed by atoms with Crippen LogP contribution in [0.2, 0.25) is 0 Å². The van der Waals surface area contributed by atoms with Gasteiger partial charge in [0.25, 0.3) is 0 Å². The monoisotopic (exact) mass is 947 g/mol. The molecular weight excluding hydrogens is 829 g/mol. The van der Waals surface area contributed by atoms with Crippen molar-refractivity contribution in [1.29, 1.82) is 0 Å². The molecule has 1 atom stereocenters. The predicted octanol–water partition coefficient (Wildman–Crippen LogP) is 20.0. The number of esters is 3. The Morgan fingerprint density at radius 2 is 0.493 bits per heavy atom. The van der Waals surface area contributed by atoms with Crippen LogP contribution in [-0.4, -0.2) is 37.2 Å². The average Bonchev–Trinajstić information content (AvgIpc) is 3.30. The minimum atomic E-state index is -0.763. The molecule has 0 fully saturated rings. The lowest BCUT2D eigenvalue weighted by Crippen LogP contribution is -2.30. The van der Waals surface area contributed by atoms with E-state index in [1.54, 1.807) is 0 Å². The summed E-state index contributed by atoms with van der Waals surface area (Å²) in [7, 11) is 0. The van der Waals surface area contributed by atoms with Gasteiger partial charge in [0.15, 0.2) is 6.10 Å². The number of rotatable bonds is 55. The van der Waals surface area contributed by atoms with Crippen molar-refractivity contribution < 1.29 is 28.6 Å². The van der Waals surface area contributed by atoms with Crippen LogP contribution >= 0.6 is 0 Å². The van der Waals surface area contributed by atoms with Crippen molar-refractivity contribution >= 4 is 17.9 Å². The molecule has 0 N–H and O–H groups in total. The van der Waals surface area contributed by atoms with Crippen LogP contribution in [0.15, 0.2) is 0 Å². The maximum absolute atomic E-state index is 12.9. The molecule has 0 aliphatic rings. The second kappa shape index (κ2) is 53.8. The number of carbonyl (C=O) groups is 3. The quantitative estimate of drug-likeness (QED) is 0.0343. The Bertz CT molecular complexity index is 1020. The molecule has 0 spiro atoms. The van der Waals surface area contributed by atoms with Crippen LogP contribution in [0.4, 0.5) is 0 Å². The zero-order valence-electron chi connectivity index (χ0n) is 46.0. The van der Waals surface area contributed by atoms with Crippen molar-refractivity contribution in [3.05, 3.63) is 0 Å². The molecule has 0 amide bonds. The molecule has 0 rings (SSSR count). The van der Waals surface area contributed by atoms with Crippen LogP contribution in [0.1, 0.15) is 343 Å². The van der Waals surface area contributed by atoms with E-state index in [1.807, 2.05) is 0 Å². The first-order valence-corrected chi connectivity index (χ1v) is 30.2. The maximum Gasteiger partial charge on any atom is 0.306 e. The van der Waals surface area contributed by atoms with Crippen molar-refractivity contribution in [2.45, 2.75) is 349 Å². The molecule has 0 saturated carbocycles. The Balaban J connectivity index is 4.28. The van der Waals surface area contributed by atoms with Gasteiger partial charge in [-0.05, 0) is 31.1 Å². The van der Waals surface area contributed by atoms with Gasteiger partial charge in [-0.3, -0.25) is 14.4 Å². The third-order valence-electron chi connectivity index (χ3n) is 14.0. The lowest BCUT2D eigenvalue weighted by molar-refractivity contribution is -0.167. The number of ether oxygens (including phenoxy) is 3. The maximum atomic E-state index is 12.9. The fourth-order valence-corrected chi connectivity index (χ4v) is 9.40. The van der Waals surface area contributed by atoms with Gasteiger partial charge in [-0.2, -0.15) is 0 Å². The molecule has 0 aromatic heterocycles. The van der Waals surface area contributed by atoms with Gasteiger partial charge < -0.3 is 14.2 Å². The summed E-state index contributed by atoms with van der Waals surface area (Å²) in [5.41, 5.74) is 0. The van der Waals surface area contributed by atoms with E-state index < -0.39 is 6.10 Å². The summed E-state index contributed by atoms with van der Waals surface area (Å²) in [4.78, 5) is 38.2. The van der Waals surface area contributed by atoms with Gasteiger partial charge in [-0.15, -0.1) is 0 Å². The van der Waals surface area contributed by atoms with Crippen molar-refractivity contribution in [3.8, 4) is 0 Å². The summed E-state index contributed by atoms with van der Waals surface area (Å²) in [6.45, 7) is 11.4. The van der Waals surface area contributed by atoms with Gasteiger partial charge in [-0.1, -0.05) is 304 Å². The van der Waals surface area contributed by atoms with Crippen LogP contribution < -0.4 is 0 Å². The van der Waals surface area contributed by atoms with E-state index in [-0.39, 0.29) is 31.1 Å².